The summed E-state index contributed by atoms with van der Waals surface area (Å²) in [5.41, 5.74) is 3.15. The van der Waals surface area contributed by atoms with Crippen molar-refractivity contribution >= 4 is 23.2 Å². The Balaban J connectivity index is 0.00000210. The fourth-order valence-electron chi connectivity index (χ4n) is 3.65. The van der Waals surface area contributed by atoms with Gasteiger partial charge < -0.3 is 10.1 Å². The van der Waals surface area contributed by atoms with Gasteiger partial charge in [0.2, 0.25) is 0 Å². The van der Waals surface area contributed by atoms with Crippen molar-refractivity contribution in [2.75, 3.05) is 0 Å². The molecule has 5 heteroatoms. The van der Waals surface area contributed by atoms with Crippen LogP contribution in [0.2, 0.25) is 0 Å². The summed E-state index contributed by atoms with van der Waals surface area (Å²) < 4.78 is 20.3. The SMILES string of the molecule is Cc1cc(C)cc(OC2CC(NCc3c(F)ccc4cnccc34)C2)c1.Cl. The third-order valence-electron chi connectivity index (χ3n) is 5.03. The Morgan fingerprint density at radius 2 is 1.85 bits per heavy atom. The lowest BCUT2D eigenvalue weighted by Crippen LogP contribution is -2.46. The molecule has 1 aromatic heterocycles. The van der Waals surface area contributed by atoms with Gasteiger partial charge in [0.05, 0.1) is 0 Å². The fourth-order valence-corrected chi connectivity index (χ4v) is 3.65. The lowest BCUT2D eigenvalue weighted by molar-refractivity contribution is 0.0841. The summed E-state index contributed by atoms with van der Waals surface area (Å²) in [7, 11) is 0. The van der Waals surface area contributed by atoms with Crippen LogP contribution in [-0.2, 0) is 6.54 Å². The van der Waals surface area contributed by atoms with Crippen LogP contribution in [0.1, 0.15) is 29.5 Å². The Labute approximate surface area is 165 Å². The van der Waals surface area contributed by atoms with Gasteiger partial charge in [-0.1, -0.05) is 6.07 Å². The maximum atomic E-state index is 14.2. The molecule has 1 N–H and O–H groups in total. The van der Waals surface area contributed by atoms with Gasteiger partial charge in [-0.05, 0) is 73.5 Å². The fraction of sp³-hybridized carbons (Fsp3) is 0.318. The summed E-state index contributed by atoms with van der Waals surface area (Å²) in [4.78, 5) is 4.11. The van der Waals surface area contributed by atoms with Gasteiger partial charge in [-0.25, -0.2) is 4.39 Å². The number of nitrogens with one attached hydrogen (secondary N) is 1. The van der Waals surface area contributed by atoms with Crippen LogP contribution in [0, 0.1) is 19.7 Å². The van der Waals surface area contributed by atoms with E-state index in [-0.39, 0.29) is 24.3 Å². The molecule has 1 fully saturated rings. The topological polar surface area (TPSA) is 34.1 Å². The molecule has 2 aromatic carbocycles. The van der Waals surface area contributed by atoms with Crippen LogP contribution in [0.4, 0.5) is 4.39 Å². The first-order chi connectivity index (χ1) is 12.6. The van der Waals surface area contributed by atoms with Crippen LogP contribution in [0.3, 0.4) is 0 Å². The highest BCUT2D eigenvalue weighted by Crippen LogP contribution is 2.28. The Morgan fingerprint density at radius 1 is 1.11 bits per heavy atom. The number of fused-ring (bicyclic) bond motifs is 1. The number of aromatic nitrogens is 1. The highest BCUT2D eigenvalue weighted by molar-refractivity contribution is 5.85. The van der Waals surface area contributed by atoms with E-state index in [0.717, 1.165) is 29.4 Å². The lowest BCUT2D eigenvalue weighted by atomic mass is 9.89. The first kappa shape index (κ1) is 19.6. The average Bonchev–Trinajstić information content (AvgIpc) is 2.57. The third kappa shape index (κ3) is 4.40. The zero-order chi connectivity index (χ0) is 18.1. The van der Waals surface area contributed by atoms with E-state index in [9.17, 15) is 4.39 Å². The molecule has 0 bridgehead atoms. The number of pyridine rings is 1. The zero-order valence-corrected chi connectivity index (χ0v) is 16.4. The summed E-state index contributed by atoms with van der Waals surface area (Å²) in [6.45, 7) is 4.69. The predicted molar refractivity (Wildman–Crippen MR) is 109 cm³/mol. The monoisotopic (exact) mass is 386 g/mol. The van der Waals surface area contributed by atoms with Crippen molar-refractivity contribution < 1.29 is 9.13 Å². The number of halogens is 2. The summed E-state index contributed by atoms with van der Waals surface area (Å²) in [6.07, 6.45) is 5.61. The highest BCUT2D eigenvalue weighted by atomic mass is 35.5. The second-order valence-electron chi connectivity index (χ2n) is 7.24. The quantitative estimate of drug-likeness (QED) is 0.661. The minimum atomic E-state index is -0.168. The Morgan fingerprint density at radius 3 is 2.59 bits per heavy atom. The number of hydrogen-bond donors (Lipinski definition) is 1. The van der Waals surface area contributed by atoms with Gasteiger partial charge in [-0.15, -0.1) is 12.4 Å². The molecule has 1 heterocycles. The molecular weight excluding hydrogens is 363 g/mol. The number of nitrogens with zero attached hydrogens (tertiary/aromatic N) is 1. The molecule has 1 saturated carbocycles. The van der Waals surface area contributed by atoms with Crippen LogP contribution < -0.4 is 10.1 Å². The van der Waals surface area contributed by atoms with Gasteiger partial charge in [0.15, 0.2) is 0 Å². The van der Waals surface area contributed by atoms with Crippen molar-refractivity contribution in [1.29, 1.82) is 0 Å². The Bertz CT molecular complexity index is 920. The van der Waals surface area contributed by atoms with Crippen LogP contribution in [0.5, 0.6) is 5.75 Å². The maximum Gasteiger partial charge on any atom is 0.128 e. The second-order valence-corrected chi connectivity index (χ2v) is 7.24. The summed E-state index contributed by atoms with van der Waals surface area (Å²) in [5, 5.41) is 5.36. The highest BCUT2D eigenvalue weighted by Gasteiger charge is 2.30. The number of rotatable bonds is 5. The van der Waals surface area contributed by atoms with Crippen molar-refractivity contribution in [3.63, 3.8) is 0 Å². The molecular formula is C22H24ClFN2O. The molecule has 27 heavy (non-hydrogen) atoms. The molecule has 0 atom stereocenters. The Kier molecular flexibility index (Phi) is 5.98. The molecule has 4 rings (SSSR count). The van der Waals surface area contributed by atoms with Gasteiger partial charge in [-0.3, -0.25) is 4.98 Å². The molecule has 0 unspecified atom stereocenters. The minimum absolute atomic E-state index is 0. The minimum Gasteiger partial charge on any atom is -0.490 e. The first-order valence-corrected chi connectivity index (χ1v) is 9.08. The molecule has 0 aliphatic heterocycles. The Hall–Kier alpha value is -2.17. The van der Waals surface area contributed by atoms with E-state index in [0.29, 0.717) is 18.2 Å². The average molecular weight is 387 g/mol. The molecule has 142 valence electrons. The van der Waals surface area contributed by atoms with E-state index in [1.807, 2.05) is 6.07 Å². The van der Waals surface area contributed by atoms with Crippen molar-refractivity contribution in [1.82, 2.24) is 10.3 Å². The van der Waals surface area contributed by atoms with Crippen LogP contribution in [0.25, 0.3) is 10.8 Å². The van der Waals surface area contributed by atoms with E-state index in [1.165, 1.54) is 17.2 Å². The van der Waals surface area contributed by atoms with E-state index in [2.05, 4.69) is 42.3 Å². The summed E-state index contributed by atoms with van der Waals surface area (Å²) in [6, 6.07) is 11.8. The molecule has 1 aliphatic carbocycles. The molecule has 0 spiro atoms. The zero-order valence-electron chi connectivity index (χ0n) is 15.5. The molecule has 3 aromatic rings. The lowest BCUT2D eigenvalue weighted by Gasteiger charge is -2.36. The molecule has 0 amide bonds. The van der Waals surface area contributed by atoms with Gasteiger partial charge in [-0.2, -0.15) is 0 Å². The predicted octanol–water partition coefficient (Wildman–Crippen LogP) is 5.11. The molecule has 0 radical (unpaired) electrons. The van der Waals surface area contributed by atoms with E-state index in [4.69, 9.17) is 4.74 Å². The number of hydrogen-bond acceptors (Lipinski definition) is 3. The largest absolute Gasteiger partial charge is 0.490 e. The maximum absolute atomic E-state index is 14.2. The second kappa shape index (κ2) is 8.24. The van der Waals surface area contributed by atoms with Gasteiger partial charge >= 0.3 is 0 Å². The van der Waals surface area contributed by atoms with E-state index in [1.54, 1.807) is 18.5 Å². The first-order valence-electron chi connectivity index (χ1n) is 9.08. The number of aryl methyl sites for hydroxylation is 2. The molecule has 0 saturated heterocycles. The van der Waals surface area contributed by atoms with Crippen molar-refractivity contribution in [3.8, 4) is 5.75 Å². The number of benzene rings is 2. The van der Waals surface area contributed by atoms with E-state index < -0.39 is 0 Å². The summed E-state index contributed by atoms with van der Waals surface area (Å²) >= 11 is 0. The van der Waals surface area contributed by atoms with Crippen LogP contribution >= 0.6 is 12.4 Å². The molecule has 3 nitrogen and oxygen atoms in total. The normalized spacial score (nSPS) is 18.6. The standard InChI is InChI=1S/C22H23FN2O.ClH/c1-14-7-15(2)9-18(8-14)26-19-10-17(11-19)25-13-21-20-5-6-24-12-16(20)3-4-22(21)23;/h3-9,12,17,19,25H,10-11,13H2,1-2H3;1H. The van der Waals surface area contributed by atoms with Gasteiger partial charge in [0, 0.05) is 35.9 Å². The van der Waals surface area contributed by atoms with Crippen molar-refractivity contribution in [2.24, 2.45) is 0 Å². The van der Waals surface area contributed by atoms with Crippen LogP contribution in [0.15, 0.2) is 48.8 Å². The number of ether oxygens (including phenoxy) is 1. The van der Waals surface area contributed by atoms with Crippen molar-refractivity contribution in [3.05, 3.63) is 71.3 Å². The summed E-state index contributed by atoms with van der Waals surface area (Å²) in [5.74, 6) is 0.775. The van der Waals surface area contributed by atoms with Gasteiger partial charge in [0.1, 0.15) is 17.7 Å². The molecule has 1 aliphatic rings. The third-order valence-corrected chi connectivity index (χ3v) is 5.03. The smallest absolute Gasteiger partial charge is 0.128 e. The van der Waals surface area contributed by atoms with E-state index >= 15 is 0 Å². The van der Waals surface area contributed by atoms with Crippen LogP contribution in [-0.4, -0.2) is 17.1 Å². The van der Waals surface area contributed by atoms with Crippen molar-refractivity contribution in [2.45, 2.75) is 45.4 Å². The van der Waals surface area contributed by atoms with Gasteiger partial charge in [0.25, 0.3) is 0 Å².